The zero-order valence-corrected chi connectivity index (χ0v) is 20.2. The van der Waals surface area contributed by atoms with E-state index in [1.54, 1.807) is 0 Å². The first-order valence-electron chi connectivity index (χ1n) is 12.0. The van der Waals surface area contributed by atoms with Gasteiger partial charge in [-0.25, -0.2) is 9.97 Å². The molecule has 0 unspecified atom stereocenters. The van der Waals surface area contributed by atoms with E-state index in [-0.39, 0.29) is 0 Å². The highest BCUT2D eigenvalue weighted by atomic mass is 16.6. The number of anilines is 2. The molecule has 0 bridgehead atoms. The molecule has 0 saturated carbocycles. The second kappa shape index (κ2) is 11.7. The van der Waals surface area contributed by atoms with Crippen LogP contribution in [0.5, 0.6) is 17.2 Å². The number of hydrogen-bond acceptors (Lipinski definition) is 8. The number of hydrogen-bond donors (Lipinski definition) is 1. The third-order valence-electron chi connectivity index (χ3n) is 5.67. The predicted molar refractivity (Wildman–Crippen MR) is 137 cm³/mol. The molecule has 8 heteroatoms. The van der Waals surface area contributed by atoms with Crippen LogP contribution in [-0.4, -0.2) is 49.6 Å². The molecule has 1 aromatic heterocycles. The monoisotopic (exact) mass is 487 g/mol. The lowest BCUT2D eigenvalue weighted by Crippen LogP contribution is -2.15. The van der Waals surface area contributed by atoms with Crippen LogP contribution in [0.3, 0.4) is 0 Å². The Labute approximate surface area is 210 Å². The van der Waals surface area contributed by atoms with E-state index in [1.807, 2.05) is 36.4 Å². The van der Waals surface area contributed by atoms with Gasteiger partial charge in [0.2, 0.25) is 0 Å². The van der Waals surface area contributed by atoms with Gasteiger partial charge in [0.15, 0.2) is 11.5 Å². The predicted octanol–water partition coefficient (Wildman–Crippen LogP) is 5.07. The third kappa shape index (κ3) is 6.21. The maximum atomic E-state index is 6.01. The second-order valence-corrected chi connectivity index (χ2v) is 8.39. The quantitative estimate of drug-likeness (QED) is 0.418. The summed E-state index contributed by atoms with van der Waals surface area (Å²) in [5, 5.41) is 4.21. The highest BCUT2D eigenvalue weighted by molar-refractivity contribution is 5.93. The van der Waals surface area contributed by atoms with E-state index in [0.29, 0.717) is 63.6 Å². The fraction of sp³-hybridized carbons (Fsp3) is 0.286. The van der Waals surface area contributed by atoms with Crippen molar-refractivity contribution in [1.29, 1.82) is 0 Å². The van der Waals surface area contributed by atoms with E-state index < -0.39 is 0 Å². The Kier molecular flexibility index (Phi) is 7.75. The summed E-state index contributed by atoms with van der Waals surface area (Å²) in [5.41, 5.74) is 3.94. The second-order valence-electron chi connectivity index (χ2n) is 8.39. The molecule has 0 saturated heterocycles. The van der Waals surface area contributed by atoms with Crippen LogP contribution in [0, 0.1) is 6.92 Å². The van der Waals surface area contributed by atoms with Gasteiger partial charge < -0.3 is 29.0 Å². The van der Waals surface area contributed by atoms with Crippen molar-refractivity contribution in [3.63, 3.8) is 0 Å². The van der Waals surface area contributed by atoms with E-state index in [0.717, 1.165) is 27.9 Å². The Bertz CT molecular complexity index is 1300. The zero-order chi connectivity index (χ0) is 24.6. The molecule has 2 heterocycles. The maximum Gasteiger partial charge on any atom is 0.163 e. The number of fused-ring (bicyclic) bond motifs is 2. The summed E-state index contributed by atoms with van der Waals surface area (Å²) < 4.78 is 29.0. The minimum absolute atomic E-state index is 0.401. The summed E-state index contributed by atoms with van der Waals surface area (Å²) in [6.07, 6.45) is 1.53. The fourth-order valence-corrected chi connectivity index (χ4v) is 3.78. The molecule has 0 aliphatic carbocycles. The Balaban J connectivity index is 1.35. The minimum Gasteiger partial charge on any atom is -0.489 e. The van der Waals surface area contributed by atoms with Gasteiger partial charge >= 0.3 is 0 Å². The van der Waals surface area contributed by atoms with Crippen LogP contribution in [-0.2, 0) is 16.1 Å². The lowest BCUT2D eigenvalue weighted by molar-refractivity contribution is 0.0224. The molecule has 36 heavy (non-hydrogen) atoms. The molecule has 0 amide bonds. The number of rotatable bonds is 5. The Morgan fingerprint density at radius 3 is 2.31 bits per heavy atom. The van der Waals surface area contributed by atoms with Crippen LogP contribution in [0.1, 0.15) is 11.1 Å². The molecular weight excluding hydrogens is 458 g/mol. The molecule has 1 N–H and O–H groups in total. The van der Waals surface area contributed by atoms with Crippen molar-refractivity contribution in [1.82, 2.24) is 9.97 Å². The Hall–Kier alpha value is -3.88. The van der Waals surface area contributed by atoms with Crippen molar-refractivity contribution in [2.75, 3.05) is 45.0 Å². The highest BCUT2D eigenvalue weighted by Crippen LogP contribution is 2.35. The summed E-state index contributed by atoms with van der Waals surface area (Å²) in [6.45, 7) is 5.39. The molecule has 4 aromatic rings. The van der Waals surface area contributed by atoms with E-state index >= 15 is 0 Å². The number of aryl methyl sites for hydroxylation is 1. The van der Waals surface area contributed by atoms with Gasteiger partial charge in [-0.2, -0.15) is 0 Å². The lowest BCUT2D eigenvalue weighted by Gasteiger charge is -2.17. The number of nitrogens with one attached hydrogen (secondary N) is 1. The molecule has 1 aliphatic heterocycles. The molecule has 8 nitrogen and oxygen atoms in total. The fourth-order valence-electron chi connectivity index (χ4n) is 3.78. The maximum absolute atomic E-state index is 6.01. The summed E-state index contributed by atoms with van der Waals surface area (Å²) in [4.78, 5) is 8.92. The third-order valence-corrected chi connectivity index (χ3v) is 5.67. The van der Waals surface area contributed by atoms with Gasteiger partial charge in [-0.3, -0.25) is 0 Å². The molecule has 0 atom stereocenters. The first kappa shape index (κ1) is 23.8. The van der Waals surface area contributed by atoms with Gasteiger partial charge in [0.05, 0.1) is 31.9 Å². The number of nitrogens with zero attached hydrogens (tertiary/aromatic N) is 2. The van der Waals surface area contributed by atoms with E-state index in [4.69, 9.17) is 23.7 Å². The van der Waals surface area contributed by atoms with Crippen LogP contribution in [0.15, 0.2) is 67.0 Å². The van der Waals surface area contributed by atoms with Crippen molar-refractivity contribution in [2.24, 2.45) is 0 Å². The van der Waals surface area contributed by atoms with Gasteiger partial charge in [0.1, 0.15) is 37.7 Å². The molecule has 5 rings (SSSR count). The van der Waals surface area contributed by atoms with Crippen LogP contribution in [0.2, 0.25) is 0 Å². The van der Waals surface area contributed by atoms with Gasteiger partial charge in [0.25, 0.3) is 0 Å². The highest BCUT2D eigenvalue weighted by Gasteiger charge is 2.13. The van der Waals surface area contributed by atoms with Crippen molar-refractivity contribution in [2.45, 2.75) is 13.5 Å². The van der Waals surface area contributed by atoms with Crippen LogP contribution in [0.25, 0.3) is 10.9 Å². The van der Waals surface area contributed by atoms with Gasteiger partial charge in [-0.05, 0) is 30.7 Å². The minimum atomic E-state index is 0.401. The standard InChI is InChI=1S/C28H29N3O5/c1-20-5-7-21(8-6-20)18-36-23-4-2-3-22(15-23)31-28-24-16-26-27(17-25(24)29-19-30-28)35-14-12-33-10-9-32-11-13-34-26/h2-8,15-17,19H,9-14,18H2,1H3,(H,29,30,31). The largest absolute Gasteiger partial charge is 0.489 e. The van der Waals surface area contributed by atoms with Crippen LogP contribution >= 0.6 is 0 Å². The average molecular weight is 488 g/mol. The Morgan fingerprint density at radius 2 is 1.53 bits per heavy atom. The molecule has 186 valence electrons. The molecular formula is C28H29N3O5. The normalized spacial score (nSPS) is 14.5. The van der Waals surface area contributed by atoms with E-state index in [2.05, 4.69) is 46.5 Å². The van der Waals surface area contributed by atoms with Crippen molar-refractivity contribution in [3.05, 3.63) is 78.1 Å². The van der Waals surface area contributed by atoms with Crippen LogP contribution in [0.4, 0.5) is 11.5 Å². The molecule has 0 radical (unpaired) electrons. The summed E-state index contributed by atoms with van der Waals surface area (Å²) in [6, 6.07) is 19.9. The number of aromatic nitrogens is 2. The number of benzene rings is 3. The first-order valence-corrected chi connectivity index (χ1v) is 12.0. The van der Waals surface area contributed by atoms with Gasteiger partial charge in [-0.1, -0.05) is 35.9 Å². The SMILES string of the molecule is Cc1ccc(COc2cccc(Nc3ncnc4cc5c(cc34)OCCOCCOCCO5)c2)cc1. The molecule has 0 spiro atoms. The van der Waals surface area contributed by atoms with Crippen molar-refractivity contribution in [3.8, 4) is 17.2 Å². The summed E-state index contributed by atoms with van der Waals surface area (Å²) in [5.74, 6) is 2.65. The Morgan fingerprint density at radius 1 is 0.806 bits per heavy atom. The van der Waals surface area contributed by atoms with Gasteiger partial charge in [-0.15, -0.1) is 0 Å². The van der Waals surface area contributed by atoms with Gasteiger partial charge in [0, 0.05) is 23.2 Å². The first-order chi connectivity index (χ1) is 17.7. The van der Waals surface area contributed by atoms with Crippen molar-refractivity contribution < 1.29 is 23.7 Å². The topological polar surface area (TPSA) is 84.0 Å². The average Bonchev–Trinajstić information content (AvgIpc) is 2.89. The molecule has 3 aromatic carbocycles. The number of ether oxygens (including phenoxy) is 5. The van der Waals surface area contributed by atoms with E-state index in [9.17, 15) is 0 Å². The van der Waals surface area contributed by atoms with Crippen LogP contribution < -0.4 is 19.5 Å². The van der Waals surface area contributed by atoms with Crippen molar-refractivity contribution >= 4 is 22.4 Å². The molecule has 0 fully saturated rings. The van der Waals surface area contributed by atoms with E-state index in [1.165, 1.54) is 11.9 Å². The smallest absolute Gasteiger partial charge is 0.163 e. The molecule has 1 aliphatic rings. The zero-order valence-electron chi connectivity index (χ0n) is 20.2. The summed E-state index contributed by atoms with van der Waals surface area (Å²) >= 11 is 0. The lowest BCUT2D eigenvalue weighted by atomic mass is 10.2. The summed E-state index contributed by atoms with van der Waals surface area (Å²) in [7, 11) is 0.